The van der Waals surface area contributed by atoms with Crippen LogP contribution in [0.5, 0.6) is 0 Å². The molecule has 9 heteroatoms. The summed E-state index contributed by atoms with van der Waals surface area (Å²) >= 11 is 0. The summed E-state index contributed by atoms with van der Waals surface area (Å²) in [7, 11) is -0.540. The number of halogens is 3. The van der Waals surface area contributed by atoms with E-state index in [4.69, 9.17) is 9.31 Å². The van der Waals surface area contributed by atoms with E-state index < -0.39 is 36.1 Å². The number of rotatable bonds is 3. The summed E-state index contributed by atoms with van der Waals surface area (Å²) in [4.78, 5) is 12.1. The van der Waals surface area contributed by atoms with Crippen molar-refractivity contribution >= 4 is 30.0 Å². The second-order valence-corrected chi connectivity index (χ2v) is 7.83. The zero-order chi connectivity index (χ0) is 21.4. The van der Waals surface area contributed by atoms with Gasteiger partial charge in [-0.1, -0.05) is 24.3 Å². The van der Waals surface area contributed by atoms with Gasteiger partial charge in [0.2, 0.25) is 0 Å². The quantitative estimate of drug-likeness (QED) is 0.730. The summed E-state index contributed by atoms with van der Waals surface area (Å²) in [5.41, 5.74) is -0.970. The van der Waals surface area contributed by atoms with E-state index in [2.05, 4.69) is 10.6 Å². The Bertz CT molecular complexity index is 883. The normalized spacial score (nSPS) is 17.8. The third-order valence-corrected chi connectivity index (χ3v) is 5.17. The fourth-order valence-corrected chi connectivity index (χ4v) is 2.83. The van der Waals surface area contributed by atoms with Crippen molar-refractivity contribution in [3.8, 4) is 0 Å². The number of hydrogen-bond acceptors (Lipinski definition) is 3. The lowest BCUT2D eigenvalue weighted by Gasteiger charge is -2.32. The van der Waals surface area contributed by atoms with Crippen molar-refractivity contribution in [3.05, 3.63) is 54.1 Å². The molecule has 5 nitrogen and oxygen atoms in total. The molecule has 2 amide bonds. The zero-order valence-corrected chi connectivity index (χ0v) is 16.6. The Hall–Kier alpha value is -2.52. The maximum atomic E-state index is 13.0. The summed E-state index contributed by atoms with van der Waals surface area (Å²) in [5.74, 6) is 0. The molecule has 0 aliphatic carbocycles. The molecule has 0 atom stereocenters. The standard InChI is InChI=1S/C20H22BF3N2O3/c1-18(2)19(3,4)29-21(28-18)13-9-11-14(12-10-13)25-17(27)26-16-8-6-5-7-15(16)20(22,23)24/h5-12H,1-4H3,(H2,25,26,27). The van der Waals surface area contributed by atoms with Gasteiger partial charge in [-0.3, -0.25) is 0 Å². The van der Waals surface area contributed by atoms with Crippen LogP contribution < -0.4 is 16.1 Å². The number of anilines is 2. The number of benzene rings is 2. The van der Waals surface area contributed by atoms with Gasteiger partial charge in [0.25, 0.3) is 0 Å². The van der Waals surface area contributed by atoms with Crippen LogP contribution >= 0.6 is 0 Å². The first-order valence-corrected chi connectivity index (χ1v) is 9.09. The lowest BCUT2D eigenvalue weighted by molar-refractivity contribution is -0.136. The molecule has 29 heavy (non-hydrogen) atoms. The van der Waals surface area contributed by atoms with E-state index in [1.54, 1.807) is 24.3 Å². The predicted octanol–water partition coefficient (Wildman–Crippen LogP) is 4.65. The van der Waals surface area contributed by atoms with Gasteiger partial charge in [0.15, 0.2) is 0 Å². The highest BCUT2D eigenvalue weighted by atomic mass is 19.4. The van der Waals surface area contributed by atoms with Gasteiger partial charge in [0.1, 0.15) is 0 Å². The summed E-state index contributed by atoms with van der Waals surface area (Å²) in [5, 5.41) is 4.76. The Balaban J connectivity index is 1.66. The number of nitrogens with one attached hydrogen (secondary N) is 2. The average molecular weight is 406 g/mol. The predicted molar refractivity (Wildman–Crippen MR) is 106 cm³/mol. The highest BCUT2D eigenvalue weighted by molar-refractivity contribution is 6.62. The number of alkyl halides is 3. The topological polar surface area (TPSA) is 59.6 Å². The number of urea groups is 1. The fraction of sp³-hybridized carbons (Fsp3) is 0.350. The molecule has 154 valence electrons. The highest BCUT2D eigenvalue weighted by Crippen LogP contribution is 2.36. The van der Waals surface area contributed by atoms with Crippen LogP contribution in [0.25, 0.3) is 0 Å². The van der Waals surface area contributed by atoms with Crippen molar-refractivity contribution in [1.82, 2.24) is 0 Å². The molecule has 1 aliphatic heterocycles. The Morgan fingerprint density at radius 1 is 0.897 bits per heavy atom. The maximum Gasteiger partial charge on any atom is 0.494 e. The van der Waals surface area contributed by atoms with Gasteiger partial charge in [-0.2, -0.15) is 13.2 Å². The average Bonchev–Trinajstić information content (AvgIpc) is 2.82. The van der Waals surface area contributed by atoms with Crippen LogP contribution in [-0.2, 0) is 15.5 Å². The molecule has 1 fully saturated rings. The van der Waals surface area contributed by atoms with Crippen LogP contribution in [0.2, 0.25) is 0 Å². The smallest absolute Gasteiger partial charge is 0.399 e. The second kappa shape index (κ2) is 7.38. The highest BCUT2D eigenvalue weighted by Gasteiger charge is 2.51. The summed E-state index contributed by atoms with van der Waals surface area (Å²) in [6, 6.07) is 10.8. The number of hydrogen-bond donors (Lipinski definition) is 2. The minimum absolute atomic E-state index is 0.314. The minimum atomic E-state index is -4.56. The number of carbonyl (C=O) groups excluding carboxylic acids is 1. The number of carbonyl (C=O) groups is 1. The van der Waals surface area contributed by atoms with E-state index in [0.29, 0.717) is 5.69 Å². The van der Waals surface area contributed by atoms with E-state index in [9.17, 15) is 18.0 Å². The van der Waals surface area contributed by atoms with Crippen LogP contribution in [0.3, 0.4) is 0 Å². The molecule has 2 N–H and O–H groups in total. The zero-order valence-electron chi connectivity index (χ0n) is 16.6. The number of amides is 2. The van der Waals surface area contributed by atoms with E-state index >= 15 is 0 Å². The SMILES string of the molecule is CC1(C)OB(c2ccc(NC(=O)Nc3ccccc3C(F)(F)F)cc2)OC1(C)C. The second-order valence-electron chi connectivity index (χ2n) is 7.83. The lowest BCUT2D eigenvalue weighted by atomic mass is 9.79. The molecule has 3 rings (SSSR count). The van der Waals surface area contributed by atoms with Crippen LogP contribution in [0.4, 0.5) is 29.3 Å². The maximum absolute atomic E-state index is 13.0. The largest absolute Gasteiger partial charge is 0.494 e. The van der Waals surface area contributed by atoms with Crippen LogP contribution in [0.1, 0.15) is 33.3 Å². The van der Waals surface area contributed by atoms with Crippen LogP contribution in [0.15, 0.2) is 48.5 Å². The molecular formula is C20H22BF3N2O3. The molecule has 0 radical (unpaired) electrons. The molecule has 1 heterocycles. The summed E-state index contributed by atoms with van der Waals surface area (Å²) in [6.45, 7) is 7.80. The van der Waals surface area contributed by atoms with E-state index in [0.717, 1.165) is 11.5 Å². The number of para-hydroxylation sites is 1. The Labute approximate surface area is 167 Å². The lowest BCUT2D eigenvalue weighted by Crippen LogP contribution is -2.41. The van der Waals surface area contributed by atoms with Crippen LogP contribution in [0, 0.1) is 0 Å². The first-order valence-electron chi connectivity index (χ1n) is 9.09. The minimum Gasteiger partial charge on any atom is -0.399 e. The molecule has 2 aromatic rings. The molecule has 0 unspecified atom stereocenters. The molecule has 1 saturated heterocycles. The van der Waals surface area contributed by atoms with E-state index in [-0.39, 0.29) is 5.69 Å². The van der Waals surface area contributed by atoms with E-state index in [1.165, 1.54) is 18.2 Å². The van der Waals surface area contributed by atoms with Crippen molar-refractivity contribution in [1.29, 1.82) is 0 Å². The monoisotopic (exact) mass is 406 g/mol. The van der Waals surface area contributed by atoms with Crippen molar-refractivity contribution in [2.75, 3.05) is 10.6 Å². The molecule has 0 spiro atoms. The molecule has 0 aromatic heterocycles. The first kappa shape index (κ1) is 21.2. The molecule has 1 aliphatic rings. The fourth-order valence-electron chi connectivity index (χ4n) is 2.83. The van der Waals surface area contributed by atoms with Crippen LogP contribution in [-0.4, -0.2) is 24.4 Å². The van der Waals surface area contributed by atoms with Gasteiger partial charge in [-0.15, -0.1) is 0 Å². The van der Waals surface area contributed by atoms with Gasteiger partial charge in [0, 0.05) is 5.69 Å². The Kier molecular flexibility index (Phi) is 5.40. The third-order valence-electron chi connectivity index (χ3n) is 5.17. The first-order chi connectivity index (χ1) is 13.4. The van der Waals surface area contributed by atoms with Gasteiger partial charge < -0.3 is 19.9 Å². The van der Waals surface area contributed by atoms with Crippen molar-refractivity contribution in [2.24, 2.45) is 0 Å². The van der Waals surface area contributed by atoms with Crippen molar-refractivity contribution < 1.29 is 27.3 Å². The third kappa shape index (κ3) is 4.57. The molecule has 0 saturated carbocycles. The molecular weight excluding hydrogens is 384 g/mol. The Morgan fingerprint density at radius 2 is 1.45 bits per heavy atom. The summed E-state index contributed by atoms with van der Waals surface area (Å²) in [6.07, 6.45) is -4.56. The van der Waals surface area contributed by atoms with Crippen molar-refractivity contribution in [2.45, 2.75) is 45.1 Å². The van der Waals surface area contributed by atoms with Gasteiger partial charge >= 0.3 is 19.3 Å². The van der Waals surface area contributed by atoms with Crippen molar-refractivity contribution in [3.63, 3.8) is 0 Å². The van der Waals surface area contributed by atoms with Gasteiger partial charge in [-0.05, 0) is 57.4 Å². The van der Waals surface area contributed by atoms with Gasteiger partial charge in [-0.25, -0.2) is 4.79 Å². The molecule has 2 aromatic carbocycles. The summed E-state index contributed by atoms with van der Waals surface area (Å²) < 4.78 is 51.0. The Morgan fingerprint density at radius 3 is 2.00 bits per heavy atom. The molecule has 0 bridgehead atoms. The van der Waals surface area contributed by atoms with Gasteiger partial charge in [0.05, 0.1) is 22.5 Å². The van der Waals surface area contributed by atoms with E-state index in [1.807, 2.05) is 27.7 Å².